The van der Waals surface area contributed by atoms with E-state index in [1.165, 1.54) is 14.2 Å². The molecule has 2 aromatic carbocycles. The van der Waals surface area contributed by atoms with Crippen molar-refractivity contribution in [2.75, 3.05) is 41.1 Å². The van der Waals surface area contributed by atoms with Crippen molar-refractivity contribution in [3.8, 4) is 29.1 Å². The summed E-state index contributed by atoms with van der Waals surface area (Å²) in [4.78, 5) is 9.14. The molecule has 3 N–H and O–H groups in total. The molecule has 39 heavy (non-hydrogen) atoms. The lowest BCUT2D eigenvalue weighted by atomic mass is 9.71. The van der Waals surface area contributed by atoms with Gasteiger partial charge in [0, 0.05) is 33.1 Å². The fourth-order valence-electron chi connectivity index (χ4n) is 5.14. The van der Waals surface area contributed by atoms with Crippen LogP contribution in [0.5, 0.6) is 29.1 Å². The number of pyridine rings is 2. The Bertz CT molecular complexity index is 1480. The van der Waals surface area contributed by atoms with E-state index in [2.05, 4.69) is 20.9 Å². The number of methoxy groups -OCH3 is 3. The van der Waals surface area contributed by atoms with E-state index in [1.807, 2.05) is 42.5 Å². The second-order valence-corrected chi connectivity index (χ2v) is 10.0. The summed E-state index contributed by atoms with van der Waals surface area (Å²) in [7, 11) is 4.59. The number of halogens is 1. The molecule has 0 aliphatic carbocycles. The minimum Gasteiger partial charge on any atom is -0.486 e. The molecule has 0 radical (unpaired) electrons. The van der Waals surface area contributed by atoms with E-state index in [4.69, 9.17) is 34.4 Å². The van der Waals surface area contributed by atoms with Gasteiger partial charge in [0.2, 0.25) is 17.6 Å². The molecule has 4 aromatic rings. The highest BCUT2D eigenvalue weighted by atomic mass is 79.9. The van der Waals surface area contributed by atoms with Gasteiger partial charge in [0.15, 0.2) is 11.5 Å². The summed E-state index contributed by atoms with van der Waals surface area (Å²) in [6, 6.07) is 16.8. The average Bonchev–Trinajstić information content (AvgIpc) is 2.96. The van der Waals surface area contributed by atoms with Crippen LogP contribution in [0.15, 0.2) is 59.1 Å². The number of aliphatic hydroxyl groups is 1. The second kappa shape index (κ2) is 11.3. The number of fused-ring (bicyclic) bond motifs is 2. The zero-order valence-electron chi connectivity index (χ0n) is 21.9. The number of ether oxygens (including phenoxy) is 5. The number of hydrogen-bond acceptors (Lipinski definition) is 9. The number of benzene rings is 2. The Hall–Kier alpha value is -3.60. The molecule has 1 aliphatic heterocycles. The molecule has 0 unspecified atom stereocenters. The molecule has 204 valence electrons. The maximum Gasteiger partial charge on any atom is 0.217 e. The Morgan fingerprint density at radius 1 is 0.949 bits per heavy atom. The van der Waals surface area contributed by atoms with Crippen molar-refractivity contribution < 1.29 is 28.8 Å². The molecular weight excluding hydrogens is 566 g/mol. The molecule has 9 nitrogen and oxygen atoms in total. The topological polar surface area (TPSA) is 118 Å². The molecule has 5 rings (SSSR count). The van der Waals surface area contributed by atoms with Gasteiger partial charge in [-0.3, -0.25) is 0 Å². The zero-order valence-corrected chi connectivity index (χ0v) is 23.5. The third-order valence-electron chi connectivity index (χ3n) is 6.88. The Morgan fingerprint density at radius 2 is 1.69 bits per heavy atom. The largest absolute Gasteiger partial charge is 0.486 e. The predicted octanol–water partition coefficient (Wildman–Crippen LogP) is 4.56. The van der Waals surface area contributed by atoms with E-state index >= 15 is 0 Å². The first-order valence-corrected chi connectivity index (χ1v) is 13.3. The van der Waals surface area contributed by atoms with Crippen molar-refractivity contribution >= 4 is 26.8 Å². The summed E-state index contributed by atoms with van der Waals surface area (Å²) in [5.41, 5.74) is 7.17. The van der Waals surface area contributed by atoms with Crippen LogP contribution in [0.2, 0.25) is 0 Å². The van der Waals surface area contributed by atoms with Gasteiger partial charge < -0.3 is 34.5 Å². The lowest BCUT2D eigenvalue weighted by Crippen LogP contribution is -2.37. The van der Waals surface area contributed by atoms with Gasteiger partial charge in [-0.1, -0.05) is 28.1 Å². The van der Waals surface area contributed by atoms with Crippen molar-refractivity contribution in [3.63, 3.8) is 0 Å². The average molecular weight is 596 g/mol. The van der Waals surface area contributed by atoms with Crippen molar-refractivity contribution in [2.24, 2.45) is 5.73 Å². The summed E-state index contributed by atoms with van der Waals surface area (Å²) in [5, 5.41) is 13.7. The highest BCUT2D eigenvalue weighted by Gasteiger charge is 2.44. The van der Waals surface area contributed by atoms with Crippen LogP contribution in [-0.4, -0.2) is 56.2 Å². The Kier molecular flexibility index (Phi) is 7.79. The Labute approximate surface area is 235 Å². The summed E-state index contributed by atoms with van der Waals surface area (Å²) < 4.78 is 29.7. The van der Waals surface area contributed by atoms with E-state index in [9.17, 15) is 5.11 Å². The SMILES string of the molecule is COc1cc([C@](O)(CCN)[C@@H](c2cc3cc(Br)ccc3nc2OC)c2cccc3c2OCCO3)cc(OC)n1. The Morgan fingerprint density at radius 3 is 2.38 bits per heavy atom. The van der Waals surface area contributed by atoms with Crippen molar-refractivity contribution in [1.82, 2.24) is 9.97 Å². The van der Waals surface area contributed by atoms with Crippen LogP contribution in [0, 0.1) is 0 Å². The van der Waals surface area contributed by atoms with Crippen LogP contribution >= 0.6 is 15.9 Å². The lowest BCUT2D eigenvalue weighted by Gasteiger charge is -2.39. The summed E-state index contributed by atoms with van der Waals surface area (Å²) in [6.07, 6.45) is 0.179. The van der Waals surface area contributed by atoms with Crippen LogP contribution < -0.4 is 29.4 Å². The predicted molar refractivity (Wildman–Crippen MR) is 150 cm³/mol. The zero-order chi connectivity index (χ0) is 27.6. The van der Waals surface area contributed by atoms with Gasteiger partial charge >= 0.3 is 0 Å². The van der Waals surface area contributed by atoms with Crippen LogP contribution in [0.25, 0.3) is 10.9 Å². The number of hydrogen-bond donors (Lipinski definition) is 2. The van der Waals surface area contributed by atoms with Crippen molar-refractivity contribution in [3.05, 3.63) is 75.8 Å². The molecule has 0 spiro atoms. The molecule has 2 atom stereocenters. The smallest absolute Gasteiger partial charge is 0.217 e. The highest BCUT2D eigenvalue weighted by molar-refractivity contribution is 9.10. The molecule has 0 saturated heterocycles. The maximum atomic E-state index is 12.8. The molecular formula is C29H30BrN3O6. The van der Waals surface area contributed by atoms with Gasteiger partial charge in [0.05, 0.1) is 32.8 Å². The van der Waals surface area contributed by atoms with Crippen LogP contribution in [0.1, 0.15) is 29.0 Å². The van der Waals surface area contributed by atoms with Gasteiger partial charge in [0.1, 0.15) is 18.8 Å². The van der Waals surface area contributed by atoms with E-state index in [0.29, 0.717) is 59.0 Å². The first-order valence-electron chi connectivity index (χ1n) is 12.5. The van der Waals surface area contributed by atoms with E-state index in [-0.39, 0.29) is 13.0 Å². The number of aromatic nitrogens is 2. The summed E-state index contributed by atoms with van der Waals surface area (Å²) in [6.45, 7) is 0.992. The molecule has 0 bridgehead atoms. The number of rotatable bonds is 9. The molecule has 2 aromatic heterocycles. The minimum absolute atomic E-state index is 0.179. The Balaban J connectivity index is 1.86. The van der Waals surface area contributed by atoms with Crippen molar-refractivity contribution in [1.29, 1.82) is 0 Å². The molecule has 3 heterocycles. The number of para-hydroxylation sites is 1. The first kappa shape index (κ1) is 27.0. The summed E-state index contributed by atoms with van der Waals surface area (Å²) in [5.74, 6) is 1.35. The van der Waals surface area contributed by atoms with Crippen molar-refractivity contribution in [2.45, 2.75) is 17.9 Å². The van der Waals surface area contributed by atoms with Crippen LogP contribution in [-0.2, 0) is 5.60 Å². The van der Waals surface area contributed by atoms with Crippen LogP contribution in [0.3, 0.4) is 0 Å². The number of nitrogens with two attached hydrogens (primary N) is 1. The fourth-order valence-corrected chi connectivity index (χ4v) is 5.52. The quantitative estimate of drug-likeness (QED) is 0.287. The van der Waals surface area contributed by atoms with E-state index in [1.54, 1.807) is 19.2 Å². The highest BCUT2D eigenvalue weighted by Crippen LogP contribution is 2.52. The minimum atomic E-state index is -1.59. The van der Waals surface area contributed by atoms with E-state index in [0.717, 1.165) is 15.4 Å². The fraction of sp³-hybridized carbons (Fsp3) is 0.310. The second-order valence-electron chi connectivity index (χ2n) is 9.13. The molecule has 0 saturated carbocycles. The van der Waals surface area contributed by atoms with Gasteiger partial charge in [0.25, 0.3) is 0 Å². The molecule has 1 aliphatic rings. The molecule has 0 amide bonds. The molecule has 0 fully saturated rings. The van der Waals surface area contributed by atoms with Gasteiger partial charge in [-0.2, -0.15) is 4.98 Å². The summed E-state index contributed by atoms with van der Waals surface area (Å²) >= 11 is 3.56. The van der Waals surface area contributed by atoms with Gasteiger partial charge in [-0.25, -0.2) is 4.98 Å². The number of nitrogens with zero attached hydrogens (tertiary/aromatic N) is 2. The third-order valence-corrected chi connectivity index (χ3v) is 7.37. The standard InChI is InChI=1S/C29H30BrN3O6/c1-35-24-15-18(16-25(33-24)36-2)29(34,9-10-31)26(20-5-4-6-23-27(20)39-12-11-38-23)21-14-17-13-19(30)7-8-22(17)32-28(21)37-3/h4-8,13-16,26,34H,9-12,31H2,1-3H3/t26-,29-/m1/s1. The normalized spacial score (nSPS) is 14.9. The first-order chi connectivity index (χ1) is 18.9. The third kappa shape index (κ3) is 5.07. The van der Waals surface area contributed by atoms with Crippen LogP contribution in [0.4, 0.5) is 0 Å². The molecule has 10 heteroatoms. The van der Waals surface area contributed by atoms with E-state index < -0.39 is 11.5 Å². The van der Waals surface area contributed by atoms with Gasteiger partial charge in [-0.05, 0) is 48.9 Å². The van der Waals surface area contributed by atoms with Gasteiger partial charge in [-0.15, -0.1) is 0 Å². The lowest BCUT2D eigenvalue weighted by molar-refractivity contribution is 0.0102. The maximum absolute atomic E-state index is 12.8. The monoisotopic (exact) mass is 595 g/mol.